The lowest BCUT2D eigenvalue weighted by Gasteiger charge is -2.08. The van der Waals surface area contributed by atoms with Gasteiger partial charge in [0.15, 0.2) is 29.1 Å². The van der Waals surface area contributed by atoms with E-state index in [1.807, 2.05) is 48.5 Å². The van der Waals surface area contributed by atoms with Crippen molar-refractivity contribution in [1.29, 1.82) is 0 Å². The fourth-order valence-corrected chi connectivity index (χ4v) is 6.96. The van der Waals surface area contributed by atoms with Gasteiger partial charge in [0.25, 0.3) is 0 Å². The number of aromatic nitrogens is 8. The van der Waals surface area contributed by atoms with Crippen LogP contribution in [0.3, 0.4) is 0 Å². The van der Waals surface area contributed by atoms with Crippen LogP contribution in [0, 0.1) is 0 Å². The maximum absolute atomic E-state index is 12.0. The van der Waals surface area contributed by atoms with Crippen LogP contribution in [0.1, 0.15) is 0 Å². The second kappa shape index (κ2) is 9.79. The molecule has 5 heterocycles. The molecule has 0 aliphatic carbocycles. The monoisotopic (exact) mass is 672 g/mol. The van der Waals surface area contributed by atoms with Crippen molar-refractivity contribution < 1.29 is 25.9 Å². The Labute approximate surface area is 270 Å². The van der Waals surface area contributed by atoms with Crippen LogP contribution in [0.2, 0.25) is 0 Å². The summed E-state index contributed by atoms with van der Waals surface area (Å²) in [5.41, 5.74) is 3.89. The molecule has 9 rings (SSSR count). The van der Waals surface area contributed by atoms with E-state index in [4.69, 9.17) is 24.9 Å². The van der Waals surface area contributed by atoms with Gasteiger partial charge in [-0.1, -0.05) is 48.5 Å². The quantitative estimate of drug-likeness (QED) is 0.241. The second-order valence-corrected chi connectivity index (χ2v) is 13.8. The highest BCUT2D eigenvalue weighted by Crippen LogP contribution is 2.40. The highest BCUT2D eigenvalue weighted by Gasteiger charge is 2.25. The normalized spacial score (nSPS) is 12.7. The van der Waals surface area contributed by atoms with Gasteiger partial charge in [-0.2, -0.15) is 0 Å². The Hall–Kier alpha value is -5.94. The Bertz CT molecular complexity index is 2870. The van der Waals surface area contributed by atoms with Gasteiger partial charge in [0, 0.05) is 44.2 Å². The maximum atomic E-state index is 12.0. The molecule has 48 heavy (non-hydrogen) atoms. The lowest BCUT2D eigenvalue weighted by atomic mass is 10.1. The number of benzene rings is 4. The summed E-state index contributed by atoms with van der Waals surface area (Å²) in [6.07, 6.45) is 0. The molecular weight excluding hydrogens is 657 g/mol. The van der Waals surface area contributed by atoms with E-state index in [-0.39, 0.29) is 39.7 Å². The minimum absolute atomic E-state index is 0.136. The summed E-state index contributed by atoms with van der Waals surface area (Å²) >= 11 is 0. The number of nitrogens with one attached hydrogen (secondary N) is 2. The largest absolute Gasteiger partial charge is 0.744 e. The molecule has 14 nitrogen and oxygen atoms in total. The molecule has 0 radical (unpaired) electrons. The molecule has 0 atom stereocenters. The first-order valence-electron chi connectivity index (χ1n) is 14.2. The van der Waals surface area contributed by atoms with Crippen molar-refractivity contribution >= 4 is 42.3 Å². The topological polar surface area (TPSA) is 223 Å². The van der Waals surface area contributed by atoms with Gasteiger partial charge >= 0.3 is 0 Å². The SMILES string of the molecule is O=S(=O)([O-])c1ccc2c(c1)-c1nc-2nc2nc(nc3nc(nc4[nH]c([nH]1)c1ccc(S(=O)(=O)[O-])cc41)-c1ccccc1-3)-c1ccccc1-2. The summed E-state index contributed by atoms with van der Waals surface area (Å²) in [6.45, 7) is 0. The predicted molar refractivity (Wildman–Crippen MR) is 170 cm³/mol. The van der Waals surface area contributed by atoms with Crippen LogP contribution >= 0.6 is 0 Å². The summed E-state index contributed by atoms with van der Waals surface area (Å²) in [6, 6.07) is 22.4. The van der Waals surface area contributed by atoms with E-state index in [9.17, 15) is 25.9 Å². The Morgan fingerprint density at radius 1 is 0.458 bits per heavy atom. The summed E-state index contributed by atoms with van der Waals surface area (Å²) in [7, 11) is -9.65. The zero-order chi connectivity index (χ0) is 32.9. The lowest BCUT2D eigenvalue weighted by Crippen LogP contribution is -1.98. The molecule has 0 spiro atoms. The van der Waals surface area contributed by atoms with Gasteiger partial charge in [0.05, 0.1) is 9.79 Å². The van der Waals surface area contributed by atoms with Gasteiger partial charge in [0.1, 0.15) is 37.4 Å². The molecule has 4 aromatic carbocycles. The van der Waals surface area contributed by atoms with E-state index in [0.29, 0.717) is 50.7 Å². The Balaban J connectivity index is 1.47. The molecular formula is C32H16N8O6S2-2. The van der Waals surface area contributed by atoms with Crippen LogP contribution in [0.5, 0.6) is 0 Å². The molecule has 2 N–H and O–H groups in total. The molecule has 234 valence electrons. The molecule has 3 aliphatic heterocycles. The zero-order valence-electron chi connectivity index (χ0n) is 24.0. The molecule has 16 heteroatoms. The first-order chi connectivity index (χ1) is 23.0. The van der Waals surface area contributed by atoms with Crippen molar-refractivity contribution in [2.24, 2.45) is 0 Å². The molecule has 0 amide bonds. The third kappa shape index (κ3) is 4.39. The van der Waals surface area contributed by atoms with E-state index in [1.54, 1.807) is 0 Å². The molecule has 3 aliphatic rings. The minimum Gasteiger partial charge on any atom is -0.744 e. The van der Waals surface area contributed by atoms with Crippen molar-refractivity contribution in [3.63, 3.8) is 0 Å². The van der Waals surface area contributed by atoms with E-state index in [1.165, 1.54) is 36.4 Å². The fourth-order valence-electron chi connectivity index (χ4n) is 5.96. The van der Waals surface area contributed by atoms with Crippen LogP contribution < -0.4 is 0 Å². The number of nitrogens with zero attached hydrogens (tertiary/aromatic N) is 6. The number of H-pyrrole nitrogens is 2. The standard InChI is InChI=1S/C32H18N8O6S2/c41-47(42,43)15-9-11-21-23(13-15)32-38-29(21)36-27-18-6-2-1-5-17(18)25(34-27)33-26-19-7-3-4-8-20(19)28(35-26)37-31-24-14-16(48(44,45)46)10-12-22(24)30(39-31)40-32/h1-14H,(H,41,42,43)(H,44,45,46)(H2,33,34,35,36,37,38,39,40)/p-2. The summed E-state index contributed by atoms with van der Waals surface area (Å²) in [5.74, 6) is 1.58. The summed E-state index contributed by atoms with van der Waals surface area (Å²) in [5, 5.41) is 0.710. The predicted octanol–water partition coefficient (Wildman–Crippen LogP) is 4.58. The van der Waals surface area contributed by atoms with E-state index in [2.05, 4.69) is 15.0 Å². The van der Waals surface area contributed by atoms with Gasteiger partial charge in [0.2, 0.25) is 0 Å². The highest BCUT2D eigenvalue weighted by atomic mass is 32.2. The minimum atomic E-state index is -4.83. The van der Waals surface area contributed by atoms with Crippen LogP contribution in [0.4, 0.5) is 0 Å². The van der Waals surface area contributed by atoms with E-state index in [0.717, 1.165) is 0 Å². The molecule has 8 bridgehead atoms. The smallest absolute Gasteiger partial charge is 0.164 e. The maximum Gasteiger partial charge on any atom is 0.164 e. The number of hydrogen-bond donors (Lipinski definition) is 2. The van der Waals surface area contributed by atoms with Crippen LogP contribution in [0.25, 0.3) is 90.4 Å². The van der Waals surface area contributed by atoms with Crippen LogP contribution in [-0.2, 0) is 20.2 Å². The van der Waals surface area contributed by atoms with Crippen LogP contribution in [-0.4, -0.2) is 65.8 Å². The molecule has 2 aromatic heterocycles. The molecule has 6 aromatic rings. The third-order valence-electron chi connectivity index (χ3n) is 8.17. The number of fused-ring (bicyclic) bond motifs is 20. The number of hydrogen-bond acceptors (Lipinski definition) is 12. The molecule has 0 saturated heterocycles. The average molecular weight is 673 g/mol. The Morgan fingerprint density at radius 3 is 1.46 bits per heavy atom. The van der Waals surface area contributed by atoms with Gasteiger partial charge in [-0.25, -0.2) is 46.7 Å². The van der Waals surface area contributed by atoms with Crippen molar-refractivity contribution in [3.8, 4) is 68.3 Å². The van der Waals surface area contributed by atoms with Gasteiger partial charge in [-0.3, -0.25) is 0 Å². The molecule has 0 fully saturated rings. The molecule has 0 saturated carbocycles. The molecule has 0 unspecified atom stereocenters. The van der Waals surface area contributed by atoms with Crippen molar-refractivity contribution in [3.05, 3.63) is 84.9 Å². The first-order valence-corrected chi connectivity index (χ1v) is 17.0. The van der Waals surface area contributed by atoms with Gasteiger partial charge < -0.3 is 19.1 Å². The fraction of sp³-hybridized carbons (Fsp3) is 0. The number of rotatable bonds is 2. The highest BCUT2D eigenvalue weighted by molar-refractivity contribution is 7.86. The average Bonchev–Trinajstić information content (AvgIpc) is 3.79. The zero-order valence-corrected chi connectivity index (χ0v) is 25.7. The second-order valence-electron chi connectivity index (χ2n) is 11.0. The number of aromatic amines is 2. The van der Waals surface area contributed by atoms with Crippen molar-refractivity contribution in [1.82, 2.24) is 39.9 Å². The van der Waals surface area contributed by atoms with Crippen molar-refractivity contribution in [2.75, 3.05) is 0 Å². The lowest BCUT2D eigenvalue weighted by molar-refractivity contribution is 0.461. The van der Waals surface area contributed by atoms with E-state index < -0.39 is 30.0 Å². The first kappa shape index (κ1) is 28.3. The third-order valence-corrected chi connectivity index (χ3v) is 9.83. The summed E-state index contributed by atoms with van der Waals surface area (Å²) in [4.78, 5) is 33.9. The van der Waals surface area contributed by atoms with Crippen molar-refractivity contribution in [2.45, 2.75) is 9.79 Å². The summed E-state index contributed by atoms with van der Waals surface area (Å²) < 4.78 is 72.0. The van der Waals surface area contributed by atoms with E-state index >= 15 is 0 Å². The Morgan fingerprint density at radius 2 is 0.917 bits per heavy atom. The van der Waals surface area contributed by atoms with Gasteiger partial charge in [-0.15, -0.1) is 0 Å². The Kier molecular flexibility index (Phi) is 5.77. The van der Waals surface area contributed by atoms with Gasteiger partial charge in [-0.05, 0) is 36.4 Å². The van der Waals surface area contributed by atoms with Crippen LogP contribution in [0.15, 0.2) is 94.7 Å².